The smallest absolute Gasteiger partial charge is 0.200 e. The number of rotatable bonds is 7. The molecule has 0 radical (unpaired) electrons. The van der Waals surface area contributed by atoms with Gasteiger partial charge in [-0.15, -0.1) is 22.7 Å². The van der Waals surface area contributed by atoms with Crippen molar-refractivity contribution in [2.24, 2.45) is 0 Å². The van der Waals surface area contributed by atoms with Crippen molar-refractivity contribution in [1.82, 2.24) is 0 Å². The fourth-order valence-corrected chi connectivity index (χ4v) is 10.3. The molecule has 62 heavy (non-hydrogen) atoms. The lowest BCUT2D eigenvalue weighted by Gasteiger charge is -2.33. The van der Waals surface area contributed by atoms with Crippen LogP contribution in [0, 0.1) is 58.2 Å². The second kappa shape index (κ2) is 15.1. The molecule has 0 unspecified atom stereocenters. The van der Waals surface area contributed by atoms with Crippen LogP contribution in [0.25, 0.3) is 45.9 Å². The summed E-state index contributed by atoms with van der Waals surface area (Å²) in [5.74, 6) is -22.0. The van der Waals surface area contributed by atoms with E-state index in [0.29, 0.717) is 10.8 Å². The normalized spacial score (nSPS) is 13.1. The Balaban J connectivity index is 1.28. The van der Waals surface area contributed by atoms with Gasteiger partial charge in [-0.25, -0.2) is 43.9 Å². The van der Waals surface area contributed by atoms with E-state index in [0.717, 1.165) is 39.4 Å². The Bertz CT molecular complexity index is 3350. The minimum Gasteiger partial charge on any atom is -0.305 e. The zero-order valence-corrected chi connectivity index (χ0v) is 33.1. The van der Waals surface area contributed by atoms with Crippen molar-refractivity contribution in [2.45, 2.75) is 12.8 Å². The molecule has 0 fully saturated rings. The molecule has 10 rings (SSSR count). The first-order chi connectivity index (χ1) is 29.9. The monoisotopic (exact) mass is 882 g/mol. The van der Waals surface area contributed by atoms with Crippen LogP contribution in [0.2, 0.25) is 0 Å². The molecule has 2 aromatic heterocycles. The number of anilines is 5. The SMILES string of the molecule is Fc1c(F)c(F)c(N(C2=C(c3ccccc3N(c3ccc4sc5ccccc5c4c3)c3c(F)c(F)c(F)c(F)c3F)CCC=C2)c2ccc3sc4ccccc4c3c2)c(F)c1F. The van der Waals surface area contributed by atoms with Gasteiger partial charge in [-0.2, -0.15) is 0 Å². The van der Waals surface area contributed by atoms with Crippen LogP contribution in [0.3, 0.4) is 0 Å². The van der Waals surface area contributed by atoms with Crippen molar-refractivity contribution in [2.75, 3.05) is 9.80 Å². The predicted molar refractivity (Wildman–Crippen MR) is 227 cm³/mol. The highest BCUT2D eigenvalue weighted by Gasteiger charge is 2.35. The summed E-state index contributed by atoms with van der Waals surface area (Å²) in [4.78, 5) is 1.78. The van der Waals surface area contributed by atoms with E-state index >= 15 is 35.1 Å². The lowest BCUT2D eigenvalue weighted by molar-refractivity contribution is 0.380. The molecule has 0 atom stereocenters. The fraction of sp³-hybridized carbons (Fsp3) is 0.0417. The van der Waals surface area contributed by atoms with E-state index in [4.69, 9.17) is 0 Å². The summed E-state index contributed by atoms with van der Waals surface area (Å²) in [5.41, 5.74) is -2.60. The first-order valence-electron chi connectivity index (χ1n) is 18.9. The van der Waals surface area contributed by atoms with Crippen LogP contribution in [0.1, 0.15) is 18.4 Å². The third-order valence-corrected chi connectivity index (χ3v) is 13.2. The highest BCUT2D eigenvalue weighted by Crippen LogP contribution is 2.49. The molecule has 0 amide bonds. The van der Waals surface area contributed by atoms with Gasteiger partial charge in [-0.1, -0.05) is 60.7 Å². The molecule has 2 nitrogen and oxygen atoms in total. The third kappa shape index (κ3) is 6.06. The molecule has 0 aliphatic heterocycles. The number of hydrogen-bond acceptors (Lipinski definition) is 4. The quantitative estimate of drug-likeness (QED) is 0.0894. The van der Waals surface area contributed by atoms with Crippen molar-refractivity contribution in [3.8, 4) is 0 Å². The van der Waals surface area contributed by atoms with Gasteiger partial charge in [0.25, 0.3) is 0 Å². The molecular weight excluding hydrogens is 859 g/mol. The molecular formula is C48H24F10N2S2. The molecule has 308 valence electrons. The van der Waals surface area contributed by atoms with Gasteiger partial charge in [0.2, 0.25) is 11.6 Å². The van der Waals surface area contributed by atoms with Gasteiger partial charge in [0.05, 0.1) is 5.69 Å². The maximum absolute atomic E-state index is 16.2. The first-order valence-corrected chi connectivity index (χ1v) is 20.5. The lowest BCUT2D eigenvalue weighted by atomic mass is 9.91. The summed E-state index contributed by atoms with van der Waals surface area (Å²) in [6.07, 6.45) is 3.34. The average Bonchev–Trinajstić information content (AvgIpc) is 3.87. The zero-order chi connectivity index (χ0) is 43.1. The number of benzene rings is 7. The molecule has 9 aromatic rings. The van der Waals surface area contributed by atoms with E-state index in [2.05, 4.69) is 0 Å². The van der Waals surface area contributed by atoms with Crippen LogP contribution in [-0.4, -0.2) is 0 Å². The Kier molecular flexibility index (Phi) is 9.60. The molecule has 0 spiro atoms. The van der Waals surface area contributed by atoms with Crippen molar-refractivity contribution >= 4 is 97.0 Å². The number of thiophene rings is 2. The van der Waals surface area contributed by atoms with Gasteiger partial charge in [0, 0.05) is 63.0 Å². The number of fused-ring (bicyclic) bond motifs is 6. The molecule has 0 N–H and O–H groups in total. The third-order valence-electron chi connectivity index (χ3n) is 10.9. The predicted octanol–water partition coefficient (Wildman–Crippen LogP) is 16.2. The van der Waals surface area contributed by atoms with Crippen LogP contribution >= 0.6 is 22.7 Å². The maximum Gasteiger partial charge on any atom is 0.200 e. The zero-order valence-electron chi connectivity index (χ0n) is 31.5. The topological polar surface area (TPSA) is 6.48 Å². The standard InChI is InChI=1S/C48H24F10N2S2/c49-37-39(51)43(55)47(44(56)40(37)52)59(23-17-19-35-29(21-23)27-11-3-7-15-33(27)61-35)31-13-5-1-9-25(31)26-10-2-6-14-32(26)60(48-45(57)41(53)38(50)42(54)46(48)58)24-18-20-36-30(22-24)28-12-4-8-16-34(28)62-36/h1,3-9,11-22H,2,10H2. The number of allylic oxidation sites excluding steroid dienone is 3. The average molecular weight is 883 g/mol. The Morgan fingerprint density at radius 3 is 1.35 bits per heavy atom. The number of halogens is 10. The van der Waals surface area contributed by atoms with Crippen LogP contribution in [-0.2, 0) is 0 Å². The second-order valence-electron chi connectivity index (χ2n) is 14.4. The summed E-state index contributed by atoms with van der Waals surface area (Å²) < 4.78 is 158. The lowest BCUT2D eigenvalue weighted by Crippen LogP contribution is -2.23. The van der Waals surface area contributed by atoms with Crippen molar-refractivity contribution in [3.63, 3.8) is 0 Å². The summed E-state index contributed by atoms with van der Waals surface area (Å²) >= 11 is 2.85. The minimum absolute atomic E-state index is 0.00722. The Labute approximate surface area is 353 Å². The van der Waals surface area contributed by atoms with E-state index in [1.165, 1.54) is 65.1 Å². The van der Waals surface area contributed by atoms with Gasteiger partial charge < -0.3 is 9.80 Å². The fourth-order valence-electron chi connectivity index (χ4n) is 8.12. The van der Waals surface area contributed by atoms with Gasteiger partial charge in [0.15, 0.2) is 46.5 Å². The van der Waals surface area contributed by atoms with Gasteiger partial charge in [-0.05, 0) is 79.1 Å². The maximum atomic E-state index is 16.2. The van der Waals surface area contributed by atoms with Crippen molar-refractivity contribution in [1.29, 1.82) is 0 Å². The number of para-hydroxylation sites is 1. The van der Waals surface area contributed by atoms with E-state index in [1.807, 2.05) is 36.4 Å². The molecule has 0 bridgehead atoms. The summed E-state index contributed by atoms with van der Waals surface area (Å²) in [6, 6.07) is 29.8. The van der Waals surface area contributed by atoms with Crippen LogP contribution in [0.5, 0.6) is 0 Å². The summed E-state index contributed by atoms with van der Waals surface area (Å²) in [7, 11) is 0. The molecule has 14 heteroatoms. The highest BCUT2D eigenvalue weighted by molar-refractivity contribution is 7.26. The largest absolute Gasteiger partial charge is 0.305 e. The van der Waals surface area contributed by atoms with Gasteiger partial charge >= 0.3 is 0 Å². The van der Waals surface area contributed by atoms with Crippen LogP contribution in [0.4, 0.5) is 72.3 Å². The number of hydrogen-bond donors (Lipinski definition) is 0. The highest BCUT2D eigenvalue weighted by atomic mass is 32.1. The van der Waals surface area contributed by atoms with E-state index in [1.54, 1.807) is 42.5 Å². The first kappa shape index (κ1) is 39.5. The van der Waals surface area contributed by atoms with E-state index in [9.17, 15) is 8.78 Å². The Morgan fingerprint density at radius 1 is 0.403 bits per heavy atom. The summed E-state index contributed by atoms with van der Waals surface area (Å²) in [6.45, 7) is 0. The van der Waals surface area contributed by atoms with E-state index < -0.39 is 69.5 Å². The second-order valence-corrected chi connectivity index (χ2v) is 16.6. The molecule has 0 saturated heterocycles. The molecule has 0 saturated carbocycles. The van der Waals surface area contributed by atoms with E-state index in [-0.39, 0.29) is 46.7 Å². The summed E-state index contributed by atoms with van der Waals surface area (Å²) in [5, 5.41) is 2.76. The van der Waals surface area contributed by atoms with Gasteiger partial charge in [0.1, 0.15) is 11.4 Å². The van der Waals surface area contributed by atoms with Crippen molar-refractivity contribution in [3.05, 3.63) is 191 Å². The molecule has 1 aliphatic rings. The van der Waals surface area contributed by atoms with Crippen LogP contribution in [0.15, 0.2) is 127 Å². The Hall–Kier alpha value is -6.64. The molecule has 1 aliphatic carbocycles. The van der Waals surface area contributed by atoms with Crippen molar-refractivity contribution < 1.29 is 43.9 Å². The van der Waals surface area contributed by atoms with Gasteiger partial charge in [-0.3, -0.25) is 0 Å². The number of nitrogens with zero attached hydrogens (tertiary/aromatic N) is 2. The Morgan fingerprint density at radius 2 is 0.823 bits per heavy atom. The van der Waals surface area contributed by atoms with Crippen LogP contribution < -0.4 is 9.80 Å². The minimum atomic E-state index is -2.37. The molecule has 2 heterocycles. The molecule has 7 aromatic carbocycles.